The molecule has 0 spiro atoms. The van der Waals surface area contributed by atoms with Crippen molar-refractivity contribution in [3.8, 4) is 0 Å². The summed E-state index contributed by atoms with van der Waals surface area (Å²) in [6.07, 6.45) is 13.5. The second-order valence-electron chi connectivity index (χ2n) is 6.94. The van der Waals surface area contributed by atoms with Gasteiger partial charge in [0, 0.05) is 25.6 Å². The van der Waals surface area contributed by atoms with Crippen LogP contribution in [0.3, 0.4) is 0 Å². The Balaban J connectivity index is 1.55. The molecule has 2 aliphatic heterocycles. The van der Waals surface area contributed by atoms with Gasteiger partial charge in [-0.2, -0.15) is 0 Å². The molecule has 0 bridgehead atoms. The number of unbranched alkanes of at least 4 members (excludes halogenated alkanes) is 5. The Morgan fingerprint density at radius 3 is 2.43 bits per heavy atom. The number of rotatable bonds is 8. The van der Waals surface area contributed by atoms with Gasteiger partial charge in [-0.15, -0.1) is 0 Å². The first-order chi connectivity index (χ1) is 10.3. The van der Waals surface area contributed by atoms with Crippen LogP contribution in [-0.2, 0) is 4.79 Å². The number of hydrogen-bond donors (Lipinski definition) is 1. The number of carbonyl (C=O) groups is 1. The van der Waals surface area contributed by atoms with Gasteiger partial charge in [0.05, 0.1) is 0 Å². The number of hydrogen-bond acceptors (Lipinski definition) is 2. The standard InChI is InChI=1S/C18H34N2O/c1-2-3-4-5-6-7-10-18(21)20-14-11-16(12-15-20)17-9-8-13-19-17/h16-17,19H,2-15H2,1H3. The van der Waals surface area contributed by atoms with E-state index in [2.05, 4.69) is 17.1 Å². The zero-order chi connectivity index (χ0) is 14.9. The van der Waals surface area contributed by atoms with E-state index in [0.29, 0.717) is 5.91 Å². The predicted octanol–water partition coefficient (Wildman–Crippen LogP) is 3.73. The topological polar surface area (TPSA) is 32.3 Å². The summed E-state index contributed by atoms with van der Waals surface area (Å²) in [5.41, 5.74) is 0. The van der Waals surface area contributed by atoms with Crippen LogP contribution >= 0.6 is 0 Å². The van der Waals surface area contributed by atoms with Gasteiger partial charge in [0.1, 0.15) is 0 Å². The molecule has 1 N–H and O–H groups in total. The molecule has 1 atom stereocenters. The van der Waals surface area contributed by atoms with Crippen LogP contribution in [0.1, 0.15) is 77.6 Å². The van der Waals surface area contributed by atoms with Gasteiger partial charge in [-0.05, 0) is 44.6 Å². The first-order valence-electron chi connectivity index (χ1n) is 9.32. The van der Waals surface area contributed by atoms with Crippen LogP contribution in [0, 0.1) is 5.92 Å². The Kier molecular flexibility index (Phi) is 7.56. The van der Waals surface area contributed by atoms with Crippen molar-refractivity contribution < 1.29 is 4.79 Å². The van der Waals surface area contributed by atoms with Gasteiger partial charge in [0.25, 0.3) is 0 Å². The molecular weight excluding hydrogens is 260 g/mol. The fourth-order valence-corrected chi connectivity index (χ4v) is 3.88. The van der Waals surface area contributed by atoms with Crippen LogP contribution in [0.15, 0.2) is 0 Å². The Hall–Kier alpha value is -0.570. The van der Waals surface area contributed by atoms with E-state index in [1.807, 2.05) is 0 Å². The van der Waals surface area contributed by atoms with E-state index in [1.165, 1.54) is 64.3 Å². The van der Waals surface area contributed by atoms with Gasteiger partial charge in [0.2, 0.25) is 5.91 Å². The fraction of sp³-hybridized carbons (Fsp3) is 0.944. The maximum absolute atomic E-state index is 12.2. The Bertz CT molecular complexity index is 292. The van der Waals surface area contributed by atoms with Crippen molar-refractivity contribution >= 4 is 5.91 Å². The first kappa shape index (κ1) is 16.8. The molecule has 2 rings (SSSR count). The highest BCUT2D eigenvalue weighted by Gasteiger charge is 2.29. The maximum atomic E-state index is 12.2. The molecule has 0 aromatic rings. The molecule has 2 aliphatic rings. The van der Waals surface area contributed by atoms with Gasteiger partial charge in [-0.1, -0.05) is 39.0 Å². The fourth-order valence-electron chi connectivity index (χ4n) is 3.88. The lowest BCUT2D eigenvalue weighted by Gasteiger charge is -2.35. The highest BCUT2D eigenvalue weighted by Crippen LogP contribution is 2.26. The number of amides is 1. The van der Waals surface area contributed by atoms with Crippen molar-refractivity contribution in [1.29, 1.82) is 0 Å². The smallest absolute Gasteiger partial charge is 0.222 e. The zero-order valence-electron chi connectivity index (χ0n) is 13.9. The van der Waals surface area contributed by atoms with E-state index >= 15 is 0 Å². The SMILES string of the molecule is CCCCCCCCC(=O)N1CCC(C2CCCN2)CC1. The van der Waals surface area contributed by atoms with Gasteiger partial charge in [0.15, 0.2) is 0 Å². The Morgan fingerprint density at radius 2 is 1.76 bits per heavy atom. The lowest BCUT2D eigenvalue weighted by atomic mass is 9.88. The van der Waals surface area contributed by atoms with Crippen molar-refractivity contribution in [1.82, 2.24) is 10.2 Å². The van der Waals surface area contributed by atoms with Crippen LogP contribution in [0.25, 0.3) is 0 Å². The maximum Gasteiger partial charge on any atom is 0.222 e. The van der Waals surface area contributed by atoms with Crippen molar-refractivity contribution in [3.05, 3.63) is 0 Å². The molecule has 1 amide bonds. The second kappa shape index (κ2) is 9.45. The third-order valence-corrected chi connectivity index (χ3v) is 5.30. The molecule has 3 nitrogen and oxygen atoms in total. The number of nitrogens with zero attached hydrogens (tertiary/aromatic N) is 1. The molecular formula is C18H34N2O. The zero-order valence-corrected chi connectivity index (χ0v) is 13.9. The minimum Gasteiger partial charge on any atom is -0.343 e. The van der Waals surface area contributed by atoms with Crippen molar-refractivity contribution in [2.75, 3.05) is 19.6 Å². The Morgan fingerprint density at radius 1 is 1.05 bits per heavy atom. The largest absolute Gasteiger partial charge is 0.343 e. The number of carbonyl (C=O) groups excluding carboxylic acids is 1. The van der Waals surface area contributed by atoms with Gasteiger partial charge in [-0.3, -0.25) is 4.79 Å². The van der Waals surface area contributed by atoms with E-state index in [4.69, 9.17) is 0 Å². The molecule has 0 aromatic carbocycles. The molecule has 21 heavy (non-hydrogen) atoms. The monoisotopic (exact) mass is 294 g/mol. The highest BCUT2D eigenvalue weighted by atomic mass is 16.2. The molecule has 0 aliphatic carbocycles. The summed E-state index contributed by atoms with van der Waals surface area (Å²) in [5, 5.41) is 3.63. The van der Waals surface area contributed by atoms with Crippen LogP contribution in [0.2, 0.25) is 0 Å². The van der Waals surface area contributed by atoms with E-state index < -0.39 is 0 Å². The van der Waals surface area contributed by atoms with Gasteiger partial charge in [-0.25, -0.2) is 0 Å². The van der Waals surface area contributed by atoms with Crippen LogP contribution in [0.4, 0.5) is 0 Å². The van der Waals surface area contributed by atoms with E-state index in [-0.39, 0.29) is 0 Å². The first-order valence-corrected chi connectivity index (χ1v) is 9.32. The minimum absolute atomic E-state index is 0.406. The minimum atomic E-state index is 0.406. The number of nitrogens with one attached hydrogen (secondary N) is 1. The second-order valence-corrected chi connectivity index (χ2v) is 6.94. The third kappa shape index (κ3) is 5.61. The average molecular weight is 294 g/mol. The molecule has 2 heterocycles. The average Bonchev–Trinajstić information content (AvgIpc) is 3.05. The van der Waals surface area contributed by atoms with E-state index in [1.54, 1.807) is 0 Å². The lowest BCUT2D eigenvalue weighted by molar-refractivity contribution is -0.132. The van der Waals surface area contributed by atoms with E-state index in [0.717, 1.165) is 37.9 Å². The summed E-state index contributed by atoms with van der Waals surface area (Å²) in [4.78, 5) is 14.3. The highest BCUT2D eigenvalue weighted by molar-refractivity contribution is 5.76. The van der Waals surface area contributed by atoms with Crippen LogP contribution in [-0.4, -0.2) is 36.5 Å². The Labute approximate surface area is 130 Å². The predicted molar refractivity (Wildman–Crippen MR) is 88.3 cm³/mol. The molecule has 0 aromatic heterocycles. The summed E-state index contributed by atoms with van der Waals surface area (Å²) in [7, 11) is 0. The van der Waals surface area contributed by atoms with Gasteiger partial charge >= 0.3 is 0 Å². The summed E-state index contributed by atoms with van der Waals surface area (Å²) < 4.78 is 0. The summed E-state index contributed by atoms with van der Waals surface area (Å²) in [6.45, 7) is 5.44. The molecule has 2 saturated heterocycles. The van der Waals surface area contributed by atoms with Crippen molar-refractivity contribution in [2.24, 2.45) is 5.92 Å². The molecule has 0 radical (unpaired) electrons. The quantitative estimate of drug-likeness (QED) is 0.692. The normalized spacial score (nSPS) is 23.7. The molecule has 3 heteroatoms. The molecule has 0 saturated carbocycles. The number of piperidine rings is 1. The number of likely N-dealkylation sites (tertiary alicyclic amines) is 1. The van der Waals surface area contributed by atoms with E-state index in [9.17, 15) is 4.79 Å². The summed E-state index contributed by atoms with van der Waals surface area (Å²) >= 11 is 0. The molecule has 1 unspecified atom stereocenters. The van der Waals surface area contributed by atoms with Gasteiger partial charge < -0.3 is 10.2 Å². The van der Waals surface area contributed by atoms with Crippen molar-refractivity contribution in [3.63, 3.8) is 0 Å². The lowest BCUT2D eigenvalue weighted by Crippen LogP contribution is -2.43. The van der Waals surface area contributed by atoms with Crippen LogP contribution < -0.4 is 5.32 Å². The van der Waals surface area contributed by atoms with Crippen molar-refractivity contribution in [2.45, 2.75) is 83.6 Å². The summed E-state index contributed by atoms with van der Waals surface area (Å²) in [5.74, 6) is 1.22. The summed E-state index contributed by atoms with van der Waals surface area (Å²) in [6, 6.07) is 0.737. The van der Waals surface area contributed by atoms with Crippen LogP contribution in [0.5, 0.6) is 0 Å². The third-order valence-electron chi connectivity index (χ3n) is 5.30. The molecule has 2 fully saturated rings. The molecule has 122 valence electrons.